The van der Waals surface area contributed by atoms with Gasteiger partial charge in [-0.05, 0) is 99.8 Å². The largest absolute Gasteiger partial charge is 0.229 e. The van der Waals surface area contributed by atoms with Crippen LogP contribution in [0.2, 0.25) is 0 Å². The molecule has 3 heteroatoms. The number of hydrogen-bond acceptors (Lipinski definition) is 2. The predicted molar refractivity (Wildman–Crippen MR) is 106 cm³/mol. The van der Waals surface area contributed by atoms with Crippen LogP contribution >= 0.6 is 0 Å². The quantitative estimate of drug-likeness (QED) is 0.710. The highest BCUT2D eigenvalue weighted by molar-refractivity contribution is 7.91. The summed E-state index contributed by atoms with van der Waals surface area (Å²) >= 11 is 0. The number of benzene rings is 1. The normalized spacial score (nSPS) is 23.8. The number of fused-ring (bicyclic) bond motifs is 1. The third kappa shape index (κ3) is 4.48. The Labute approximate surface area is 154 Å². The predicted octanol–water partition coefficient (Wildman–Crippen LogP) is 5.05. The second kappa shape index (κ2) is 7.82. The lowest BCUT2D eigenvalue weighted by molar-refractivity contribution is 0.278. The van der Waals surface area contributed by atoms with Crippen molar-refractivity contribution < 1.29 is 8.42 Å². The zero-order valence-corrected chi connectivity index (χ0v) is 17.0. The zero-order chi connectivity index (χ0) is 18.0. The summed E-state index contributed by atoms with van der Waals surface area (Å²) in [5.74, 6) is 1.58. The monoisotopic (exact) mass is 362 g/mol. The molecule has 0 aromatic heterocycles. The average Bonchev–Trinajstić information content (AvgIpc) is 3.05. The Bertz CT molecular complexity index is 695. The second-order valence-electron chi connectivity index (χ2n) is 8.64. The Morgan fingerprint density at radius 2 is 1.72 bits per heavy atom. The van der Waals surface area contributed by atoms with Gasteiger partial charge in [0.05, 0.1) is 11.0 Å². The summed E-state index contributed by atoms with van der Waals surface area (Å²) in [7, 11) is -2.88. The third-order valence-corrected chi connectivity index (χ3v) is 9.03. The topological polar surface area (TPSA) is 34.1 Å². The van der Waals surface area contributed by atoms with E-state index >= 15 is 0 Å². The van der Waals surface area contributed by atoms with Gasteiger partial charge in [0.2, 0.25) is 0 Å². The van der Waals surface area contributed by atoms with E-state index in [0.29, 0.717) is 11.7 Å². The number of aryl methyl sites for hydroxylation is 2. The van der Waals surface area contributed by atoms with Gasteiger partial charge >= 0.3 is 0 Å². The molecule has 1 fully saturated rings. The second-order valence-corrected chi connectivity index (χ2v) is 11.2. The van der Waals surface area contributed by atoms with E-state index in [-0.39, 0.29) is 5.25 Å². The Morgan fingerprint density at radius 3 is 2.40 bits per heavy atom. The van der Waals surface area contributed by atoms with Crippen LogP contribution in [0.1, 0.15) is 74.6 Å². The van der Waals surface area contributed by atoms with Crippen LogP contribution in [0.4, 0.5) is 0 Å². The molecule has 3 rings (SSSR count). The molecule has 0 atom stereocenters. The van der Waals surface area contributed by atoms with E-state index in [1.807, 2.05) is 0 Å². The van der Waals surface area contributed by atoms with Crippen LogP contribution in [0, 0.1) is 18.8 Å². The molecular weight excluding hydrogens is 328 g/mol. The Balaban J connectivity index is 1.49. The number of sulfone groups is 1. The number of rotatable bonds is 6. The van der Waals surface area contributed by atoms with Crippen molar-refractivity contribution in [1.82, 2.24) is 0 Å². The summed E-state index contributed by atoms with van der Waals surface area (Å²) in [4.78, 5) is 0. The van der Waals surface area contributed by atoms with E-state index in [9.17, 15) is 8.42 Å². The van der Waals surface area contributed by atoms with Gasteiger partial charge < -0.3 is 0 Å². The highest BCUT2D eigenvalue weighted by Gasteiger charge is 2.27. The van der Waals surface area contributed by atoms with Gasteiger partial charge in [-0.25, -0.2) is 8.42 Å². The molecule has 2 nitrogen and oxygen atoms in total. The smallest absolute Gasteiger partial charge is 0.152 e. The maximum Gasteiger partial charge on any atom is 0.152 e. The molecule has 1 aromatic rings. The molecule has 1 saturated carbocycles. The van der Waals surface area contributed by atoms with Crippen molar-refractivity contribution in [2.24, 2.45) is 11.8 Å². The molecule has 0 spiro atoms. The van der Waals surface area contributed by atoms with Gasteiger partial charge in [-0.15, -0.1) is 0 Å². The summed E-state index contributed by atoms with van der Waals surface area (Å²) < 4.78 is 24.2. The van der Waals surface area contributed by atoms with E-state index < -0.39 is 9.84 Å². The zero-order valence-electron chi connectivity index (χ0n) is 16.2. The molecular formula is C22H34O2S. The van der Waals surface area contributed by atoms with E-state index in [2.05, 4.69) is 19.1 Å². The summed E-state index contributed by atoms with van der Waals surface area (Å²) in [5, 5.41) is -0.229. The maximum absolute atomic E-state index is 12.1. The first-order chi connectivity index (χ1) is 11.9. The van der Waals surface area contributed by atoms with Crippen molar-refractivity contribution >= 4 is 9.84 Å². The Kier molecular flexibility index (Phi) is 5.92. The Hall–Kier alpha value is -0.830. The van der Waals surface area contributed by atoms with Crippen LogP contribution < -0.4 is 0 Å². The molecule has 0 heterocycles. The summed E-state index contributed by atoms with van der Waals surface area (Å²) in [5.41, 5.74) is 6.30. The van der Waals surface area contributed by atoms with Crippen molar-refractivity contribution in [3.05, 3.63) is 34.4 Å². The van der Waals surface area contributed by atoms with Crippen LogP contribution in [0.5, 0.6) is 0 Å². The van der Waals surface area contributed by atoms with E-state index in [4.69, 9.17) is 0 Å². The van der Waals surface area contributed by atoms with Gasteiger partial charge in [0.15, 0.2) is 9.84 Å². The third-order valence-electron chi connectivity index (χ3n) is 6.66. The molecule has 0 radical (unpaired) electrons. The van der Waals surface area contributed by atoms with Crippen LogP contribution in [0.15, 0.2) is 12.1 Å². The lowest BCUT2D eigenvalue weighted by Gasteiger charge is -2.29. The fourth-order valence-corrected chi connectivity index (χ4v) is 6.11. The molecule has 0 unspecified atom stereocenters. The lowest BCUT2D eigenvalue weighted by Crippen LogP contribution is -2.26. The van der Waals surface area contributed by atoms with Crippen LogP contribution in [-0.2, 0) is 29.1 Å². The average molecular weight is 363 g/mol. The molecule has 0 amide bonds. The minimum absolute atomic E-state index is 0.229. The van der Waals surface area contributed by atoms with Gasteiger partial charge in [-0.3, -0.25) is 0 Å². The van der Waals surface area contributed by atoms with Crippen LogP contribution in [0.25, 0.3) is 0 Å². The lowest BCUT2D eigenvalue weighted by atomic mass is 9.80. The molecule has 0 N–H and O–H groups in total. The summed E-state index contributed by atoms with van der Waals surface area (Å²) in [6, 6.07) is 4.72. The maximum atomic E-state index is 12.1. The van der Waals surface area contributed by atoms with Crippen molar-refractivity contribution in [2.45, 2.75) is 83.8 Å². The first-order valence-corrected chi connectivity index (χ1v) is 11.9. The molecule has 140 valence electrons. The standard InChI is InChI=1S/C22H34O2S/c1-16(2)25(23,24)15-19-9-7-18(8-10-19)11-12-20-13-14-21-5-4-6-22(21)17(20)3/h13-14,16,18-19H,4-12,15H2,1-3H3. The summed E-state index contributed by atoms with van der Waals surface area (Å²) in [6.45, 7) is 5.92. The first-order valence-electron chi connectivity index (χ1n) is 10.2. The van der Waals surface area contributed by atoms with Crippen LogP contribution in [0.3, 0.4) is 0 Å². The van der Waals surface area contributed by atoms with E-state index in [0.717, 1.165) is 18.8 Å². The fourth-order valence-electron chi connectivity index (χ4n) is 4.74. The molecule has 0 aliphatic heterocycles. The molecule has 1 aromatic carbocycles. The van der Waals surface area contributed by atoms with E-state index in [1.54, 1.807) is 36.1 Å². The molecule has 2 aliphatic carbocycles. The molecule has 0 saturated heterocycles. The van der Waals surface area contributed by atoms with Crippen molar-refractivity contribution in [3.63, 3.8) is 0 Å². The molecule has 25 heavy (non-hydrogen) atoms. The van der Waals surface area contributed by atoms with Crippen molar-refractivity contribution in [3.8, 4) is 0 Å². The van der Waals surface area contributed by atoms with Crippen molar-refractivity contribution in [1.29, 1.82) is 0 Å². The minimum atomic E-state index is -2.88. The van der Waals surface area contributed by atoms with Crippen molar-refractivity contribution in [2.75, 3.05) is 5.75 Å². The van der Waals surface area contributed by atoms with Crippen LogP contribution in [-0.4, -0.2) is 19.4 Å². The molecule has 0 bridgehead atoms. The SMILES string of the molecule is Cc1c(CCC2CCC(CS(=O)(=O)C(C)C)CC2)ccc2c1CCC2. The van der Waals surface area contributed by atoms with Gasteiger partial charge in [-0.1, -0.05) is 25.0 Å². The highest BCUT2D eigenvalue weighted by Crippen LogP contribution is 2.34. The number of hydrogen-bond donors (Lipinski definition) is 0. The highest BCUT2D eigenvalue weighted by atomic mass is 32.2. The Morgan fingerprint density at radius 1 is 1.04 bits per heavy atom. The first kappa shape index (κ1) is 18.9. The fraction of sp³-hybridized carbons (Fsp3) is 0.727. The van der Waals surface area contributed by atoms with E-state index in [1.165, 1.54) is 44.9 Å². The van der Waals surface area contributed by atoms with Gasteiger partial charge in [0, 0.05) is 0 Å². The molecule has 2 aliphatic rings. The minimum Gasteiger partial charge on any atom is -0.229 e. The van der Waals surface area contributed by atoms with Gasteiger partial charge in [0.25, 0.3) is 0 Å². The van der Waals surface area contributed by atoms with Gasteiger partial charge in [-0.2, -0.15) is 0 Å². The summed E-state index contributed by atoms with van der Waals surface area (Å²) in [6.07, 6.45) is 10.9. The van der Waals surface area contributed by atoms with Gasteiger partial charge in [0.1, 0.15) is 0 Å².